The van der Waals surface area contributed by atoms with Gasteiger partial charge in [-0.15, -0.1) is 0 Å². The molecular formula is C21H30N2O5. The predicted molar refractivity (Wildman–Crippen MR) is 106 cm³/mol. The van der Waals surface area contributed by atoms with Crippen molar-refractivity contribution in [2.75, 3.05) is 19.7 Å². The minimum Gasteiger partial charge on any atom is -0.478 e. The Morgan fingerprint density at radius 1 is 1.25 bits per heavy atom. The average Bonchev–Trinajstić information content (AvgIpc) is 2.97. The Labute approximate surface area is 166 Å². The second-order valence-electron chi connectivity index (χ2n) is 7.97. The number of hydrogen-bond acceptors (Lipinski definition) is 6. The Morgan fingerprint density at radius 3 is 2.50 bits per heavy atom. The Morgan fingerprint density at radius 2 is 1.93 bits per heavy atom. The largest absolute Gasteiger partial charge is 0.478 e. The summed E-state index contributed by atoms with van der Waals surface area (Å²) in [6.07, 6.45) is -0.900. The summed E-state index contributed by atoms with van der Waals surface area (Å²) in [6.45, 7) is 11.7. The first-order chi connectivity index (χ1) is 13.0. The van der Waals surface area contributed by atoms with E-state index in [-0.39, 0.29) is 18.4 Å². The standard InChI is InChI=1S/C21H30N2O5/c1-7-26-19(22)15-9-8-13(2)16(10-15)17-11-23(12-18(17)27-14(3)24)20(25)28-21(4,5)6/h8-10,17-18,22H,7,11-12H2,1-6H3/t17?,18-/m1/s1. The van der Waals surface area contributed by atoms with Crippen molar-refractivity contribution in [3.63, 3.8) is 0 Å². The molecule has 0 aromatic heterocycles. The third-order valence-corrected chi connectivity index (χ3v) is 4.46. The summed E-state index contributed by atoms with van der Waals surface area (Å²) in [4.78, 5) is 25.7. The smallest absolute Gasteiger partial charge is 0.410 e. The number of carbonyl (C=O) groups is 2. The van der Waals surface area contributed by atoms with Crippen molar-refractivity contribution >= 4 is 18.0 Å². The molecule has 154 valence electrons. The number of amides is 1. The van der Waals surface area contributed by atoms with Crippen LogP contribution in [0.1, 0.15) is 57.2 Å². The second kappa shape index (κ2) is 8.63. The topological polar surface area (TPSA) is 88.9 Å². The molecule has 0 radical (unpaired) electrons. The summed E-state index contributed by atoms with van der Waals surface area (Å²) >= 11 is 0. The van der Waals surface area contributed by atoms with Gasteiger partial charge in [0.25, 0.3) is 0 Å². The van der Waals surface area contributed by atoms with Gasteiger partial charge in [-0.25, -0.2) is 4.79 Å². The zero-order chi connectivity index (χ0) is 21.1. The molecule has 7 nitrogen and oxygen atoms in total. The lowest BCUT2D eigenvalue weighted by Gasteiger charge is -2.24. The van der Waals surface area contributed by atoms with E-state index in [9.17, 15) is 9.59 Å². The van der Waals surface area contributed by atoms with Crippen LogP contribution in [0.5, 0.6) is 0 Å². The molecule has 28 heavy (non-hydrogen) atoms. The van der Waals surface area contributed by atoms with Gasteiger partial charge >= 0.3 is 12.1 Å². The minimum absolute atomic E-state index is 0.0924. The highest BCUT2D eigenvalue weighted by molar-refractivity contribution is 5.92. The van der Waals surface area contributed by atoms with Crippen molar-refractivity contribution < 1.29 is 23.8 Å². The van der Waals surface area contributed by atoms with Gasteiger partial charge in [0, 0.05) is 24.9 Å². The summed E-state index contributed by atoms with van der Waals surface area (Å²) in [5, 5.41) is 8.05. The van der Waals surface area contributed by atoms with Gasteiger partial charge in [0.15, 0.2) is 0 Å². The molecule has 1 N–H and O–H groups in total. The highest BCUT2D eigenvalue weighted by atomic mass is 16.6. The molecule has 0 bridgehead atoms. The SMILES string of the molecule is CCOC(=N)c1ccc(C)c(C2CN(C(=O)OC(C)(C)C)C[C@H]2OC(C)=O)c1. The molecule has 1 aliphatic heterocycles. The van der Waals surface area contributed by atoms with E-state index in [1.54, 1.807) is 4.90 Å². The quantitative estimate of drug-likeness (QED) is 0.482. The number of nitrogens with zero attached hydrogens (tertiary/aromatic N) is 1. The summed E-state index contributed by atoms with van der Waals surface area (Å²) in [6, 6.07) is 5.63. The number of hydrogen-bond donors (Lipinski definition) is 1. The van der Waals surface area contributed by atoms with Crippen LogP contribution in [0.15, 0.2) is 18.2 Å². The molecule has 1 unspecified atom stereocenters. The highest BCUT2D eigenvalue weighted by Gasteiger charge is 2.40. The van der Waals surface area contributed by atoms with Crippen LogP contribution >= 0.6 is 0 Å². The van der Waals surface area contributed by atoms with Gasteiger partial charge in [0.2, 0.25) is 5.90 Å². The number of ether oxygens (including phenoxy) is 3. The maximum atomic E-state index is 12.5. The lowest BCUT2D eigenvalue weighted by molar-refractivity contribution is -0.146. The molecule has 0 aliphatic carbocycles. The molecule has 1 aromatic rings. The summed E-state index contributed by atoms with van der Waals surface area (Å²) < 4.78 is 16.3. The maximum Gasteiger partial charge on any atom is 0.410 e. The summed E-state index contributed by atoms with van der Waals surface area (Å²) in [5.41, 5.74) is 1.98. The Bertz CT molecular complexity index is 754. The second-order valence-corrected chi connectivity index (χ2v) is 7.97. The number of aryl methyl sites for hydroxylation is 1. The fourth-order valence-electron chi connectivity index (χ4n) is 3.29. The molecule has 0 saturated carbocycles. The average molecular weight is 390 g/mol. The third kappa shape index (κ3) is 5.47. The van der Waals surface area contributed by atoms with Crippen LogP contribution in [0.3, 0.4) is 0 Å². The first-order valence-corrected chi connectivity index (χ1v) is 9.49. The zero-order valence-electron chi connectivity index (χ0n) is 17.5. The van der Waals surface area contributed by atoms with Gasteiger partial charge in [-0.2, -0.15) is 0 Å². The van der Waals surface area contributed by atoms with E-state index in [1.165, 1.54) is 6.92 Å². The molecule has 0 spiro atoms. The van der Waals surface area contributed by atoms with Gasteiger partial charge in [-0.3, -0.25) is 10.2 Å². The first-order valence-electron chi connectivity index (χ1n) is 9.49. The minimum atomic E-state index is -0.603. The number of benzene rings is 1. The van der Waals surface area contributed by atoms with Gasteiger partial charge < -0.3 is 19.1 Å². The normalized spacial score (nSPS) is 19.3. The van der Waals surface area contributed by atoms with E-state index in [2.05, 4.69) is 0 Å². The lowest BCUT2D eigenvalue weighted by Crippen LogP contribution is -2.36. The molecule has 1 amide bonds. The summed E-state index contributed by atoms with van der Waals surface area (Å²) in [7, 11) is 0. The number of nitrogens with one attached hydrogen (secondary N) is 1. The molecular weight excluding hydrogens is 360 g/mol. The van der Waals surface area contributed by atoms with Crippen molar-refractivity contribution in [1.29, 1.82) is 5.41 Å². The number of rotatable bonds is 4. The van der Waals surface area contributed by atoms with E-state index >= 15 is 0 Å². The van der Waals surface area contributed by atoms with E-state index < -0.39 is 23.8 Å². The van der Waals surface area contributed by atoms with E-state index in [1.807, 2.05) is 52.8 Å². The monoisotopic (exact) mass is 390 g/mol. The van der Waals surface area contributed by atoms with Crippen molar-refractivity contribution in [2.24, 2.45) is 0 Å². The Balaban J connectivity index is 2.32. The van der Waals surface area contributed by atoms with E-state index in [0.717, 1.165) is 11.1 Å². The molecule has 1 aliphatic rings. The maximum absolute atomic E-state index is 12.5. The van der Waals surface area contributed by atoms with Crippen LogP contribution in [0, 0.1) is 12.3 Å². The van der Waals surface area contributed by atoms with Crippen LogP contribution in [-0.4, -0.2) is 54.3 Å². The van der Waals surface area contributed by atoms with Crippen molar-refractivity contribution in [3.05, 3.63) is 34.9 Å². The van der Waals surface area contributed by atoms with Crippen molar-refractivity contribution in [2.45, 2.75) is 59.2 Å². The predicted octanol–water partition coefficient (Wildman–Crippen LogP) is 3.62. The van der Waals surface area contributed by atoms with Gasteiger partial charge in [0.1, 0.15) is 11.7 Å². The van der Waals surface area contributed by atoms with Crippen LogP contribution in [0.4, 0.5) is 4.79 Å². The molecule has 1 aromatic carbocycles. The summed E-state index contributed by atoms with van der Waals surface area (Å²) in [5.74, 6) is -0.502. The number of likely N-dealkylation sites (tertiary alicyclic amines) is 1. The third-order valence-electron chi connectivity index (χ3n) is 4.46. The fourth-order valence-corrected chi connectivity index (χ4v) is 3.29. The van der Waals surface area contributed by atoms with E-state index in [0.29, 0.717) is 18.7 Å². The molecule has 1 heterocycles. The van der Waals surface area contributed by atoms with Crippen LogP contribution in [0.2, 0.25) is 0 Å². The Hall–Kier alpha value is -2.57. The highest BCUT2D eigenvalue weighted by Crippen LogP contribution is 2.33. The van der Waals surface area contributed by atoms with E-state index in [4.69, 9.17) is 19.6 Å². The van der Waals surface area contributed by atoms with Crippen LogP contribution in [-0.2, 0) is 19.0 Å². The number of carbonyl (C=O) groups excluding carboxylic acids is 2. The van der Waals surface area contributed by atoms with Crippen LogP contribution in [0.25, 0.3) is 0 Å². The molecule has 1 fully saturated rings. The lowest BCUT2D eigenvalue weighted by atomic mass is 9.90. The molecule has 7 heteroatoms. The molecule has 2 atom stereocenters. The van der Waals surface area contributed by atoms with Crippen molar-refractivity contribution in [1.82, 2.24) is 4.90 Å². The Kier molecular flexibility index (Phi) is 6.69. The van der Waals surface area contributed by atoms with Crippen molar-refractivity contribution in [3.8, 4) is 0 Å². The first kappa shape index (κ1) is 21.7. The zero-order valence-corrected chi connectivity index (χ0v) is 17.5. The molecule has 2 rings (SSSR count). The number of esters is 1. The van der Waals surface area contributed by atoms with Gasteiger partial charge in [-0.05, 0) is 57.9 Å². The molecule has 1 saturated heterocycles. The van der Waals surface area contributed by atoms with Crippen LogP contribution < -0.4 is 0 Å². The fraction of sp³-hybridized carbons (Fsp3) is 0.571. The van der Waals surface area contributed by atoms with Gasteiger partial charge in [0.05, 0.1) is 13.2 Å². The van der Waals surface area contributed by atoms with Gasteiger partial charge in [-0.1, -0.05) is 6.07 Å².